The lowest BCUT2D eigenvalue weighted by molar-refractivity contribution is -0.192. The van der Waals surface area contributed by atoms with Crippen LogP contribution < -0.4 is 5.32 Å². The third-order valence-electron chi connectivity index (χ3n) is 4.54. The van der Waals surface area contributed by atoms with Crippen molar-refractivity contribution in [3.63, 3.8) is 0 Å². The highest BCUT2D eigenvalue weighted by molar-refractivity contribution is 7.89. The molecule has 1 fully saturated rings. The van der Waals surface area contributed by atoms with Crippen molar-refractivity contribution >= 4 is 21.9 Å². The van der Waals surface area contributed by atoms with Crippen molar-refractivity contribution in [3.8, 4) is 0 Å². The number of nitrogens with zero attached hydrogens (tertiary/aromatic N) is 2. The van der Waals surface area contributed by atoms with E-state index in [1.165, 1.54) is 4.31 Å². The van der Waals surface area contributed by atoms with Crippen molar-refractivity contribution in [2.75, 3.05) is 39.3 Å². The fraction of sp³-hybridized carbons (Fsp3) is 0.600. The molecule has 1 amide bonds. The van der Waals surface area contributed by atoms with Gasteiger partial charge in [0.2, 0.25) is 15.9 Å². The quantitative estimate of drug-likeness (QED) is 0.644. The molecule has 1 aliphatic rings. The van der Waals surface area contributed by atoms with E-state index in [0.717, 1.165) is 18.7 Å². The zero-order valence-electron chi connectivity index (χ0n) is 18.6. The number of amides is 1. The summed E-state index contributed by atoms with van der Waals surface area (Å²) in [5, 5.41) is 10.3. The molecule has 2 rings (SSSR count). The van der Waals surface area contributed by atoms with Crippen LogP contribution in [0.4, 0.5) is 13.2 Å². The molecule has 0 saturated carbocycles. The fourth-order valence-corrected chi connectivity index (χ4v) is 4.81. The summed E-state index contributed by atoms with van der Waals surface area (Å²) in [7, 11) is -3.71. The zero-order valence-corrected chi connectivity index (χ0v) is 19.4. The number of hydrogen-bond acceptors (Lipinski definition) is 5. The maximum atomic E-state index is 13.2. The molecule has 1 heterocycles. The van der Waals surface area contributed by atoms with Crippen molar-refractivity contribution in [2.24, 2.45) is 5.92 Å². The van der Waals surface area contributed by atoms with Gasteiger partial charge in [-0.15, -0.1) is 0 Å². The van der Waals surface area contributed by atoms with E-state index in [9.17, 15) is 26.4 Å². The SMILES string of the molecule is Cc1ccc(S(=O)(=O)N(CC(=O)N2CCNCC2)CC(C)C)c(C)c1.O=C(O)C(F)(F)F. The topological polar surface area (TPSA) is 107 Å². The van der Waals surface area contributed by atoms with E-state index in [-0.39, 0.29) is 23.3 Å². The van der Waals surface area contributed by atoms with Crippen molar-refractivity contribution in [2.45, 2.75) is 38.8 Å². The predicted molar refractivity (Wildman–Crippen MR) is 113 cm³/mol. The Balaban J connectivity index is 0.000000633. The van der Waals surface area contributed by atoms with Crippen LogP contribution in [0.3, 0.4) is 0 Å². The summed E-state index contributed by atoms with van der Waals surface area (Å²) < 4.78 is 59.4. The van der Waals surface area contributed by atoms with E-state index in [2.05, 4.69) is 5.32 Å². The summed E-state index contributed by atoms with van der Waals surface area (Å²) in [5.41, 5.74) is 1.73. The van der Waals surface area contributed by atoms with Gasteiger partial charge in [0.25, 0.3) is 0 Å². The van der Waals surface area contributed by atoms with Gasteiger partial charge in [0.15, 0.2) is 0 Å². The minimum Gasteiger partial charge on any atom is -0.475 e. The van der Waals surface area contributed by atoms with E-state index in [1.54, 1.807) is 24.0 Å². The lowest BCUT2D eigenvalue weighted by Crippen LogP contribution is -2.50. The number of benzene rings is 1. The number of halogens is 3. The molecule has 0 bridgehead atoms. The molecule has 0 aliphatic carbocycles. The summed E-state index contributed by atoms with van der Waals surface area (Å²) in [4.78, 5) is 23.5. The molecule has 0 atom stereocenters. The maximum Gasteiger partial charge on any atom is 0.490 e. The van der Waals surface area contributed by atoms with Crippen LogP contribution in [-0.2, 0) is 19.6 Å². The lowest BCUT2D eigenvalue weighted by Gasteiger charge is -2.31. The van der Waals surface area contributed by atoms with E-state index in [0.29, 0.717) is 25.2 Å². The summed E-state index contributed by atoms with van der Waals surface area (Å²) in [6.07, 6.45) is -5.08. The number of carbonyl (C=O) groups is 2. The molecule has 182 valence electrons. The van der Waals surface area contributed by atoms with E-state index >= 15 is 0 Å². The molecule has 1 aromatic rings. The molecule has 1 aromatic carbocycles. The highest BCUT2D eigenvalue weighted by Gasteiger charge is 2.38. The second kappa shape index (κ2) is 11.6. The number of alkyl halides is 3. The molecular weight excluding hydrogens is 451 g/mol. The maximum absolute atomic E-state index is 13.2. The second-order valence-corrected chi connectivity index (χ2v) is 9.80. The summed E-state index contributed by atoms with van der Waals surface area (Å²) in [6.45, 7) is 10.6. The van der Waals surface area contributed by atoms with Crippen LogP contribution in [0, 0.1) is 19.8 Å². The lowest BCUT2D eigenvalue weighted by atomic mass is 10.2. The molecule has 0 radical (unpaired) electrons. The molecule has 12 heteroatoms. The Morgan fingerprint density at radius 1 is 1.19 bits per heavy atom. The first-order chi connectivity index (χ1) is 14.7. The molecule has 0 aromatic heterocycles. The van der Waals surface area contributed by atoms with Crippen molar-refractivity contribution < 1.29 is 36.3 Å². The van der Waals surface area contributed by atoms with Gasteiger partial charge in [-0.3, -0.25) is 4.79 Å². The minimum atomic E-state index is -5.08. The Labute approximate surface area is 186 Å². The van der Waals surface area contributed by atoms with E-state index < -0.39 is 22.2 Å². The summed E-state index contributed by atoms with van der Waals surface area (Å²) >= 11 is 0. The number of rotatable bonds is 6. The standard InChI is InChI=1S/C18H29N3O3S.C2HF3O2/c1-14(2)12-21(13-18(22)20-9-7-19-8-10-20)25(23,24)17-6-5-15(3)11-16(17)4;3-2(4,5)1(6)7/h5-6,11,14,19H,7-10,12-13H2,1-4H3;(H,6,7). The Bertz CT molecular complexity index is 898. The van der Waals surface area contributed by atoms with Crippen molar-refractivity contribution in [1.29, 1.82) is 0 Å². The van der Waals surface area contributed by atoms with Gasteiger partial charge < -0.3 is 15.3 Å². The van der Waals surface area contributed by atoms with Gasteiger partial charge in [0, 0.05) is 32.7 Å². The number of aliphatic carboxylic acids is 1. The van der Waals surface area contributed by atoms with Gasteiger partial charge in [-0.25, -0.2) is 13.2 Å². The molecule has 1 aliphatic heterocycles. The Morgan fingerprint density at radius 2 is 1.72 bits per heavy atom. The van der Waals surface area contributed by atoms with Gasteiger partial charge in [-0.1, -0.05) is 31.5 Å². The van der Waals surface area contributed by atoms with Crippen LogP contribution in [-0.4, -0.2) is 80.1 Å². The highest BCUT2D eigenvalue weighted by Crippen LogP contribution is 2.22. The Hall–Kier alpha value is -2.18. The van der Waals surface area contributed by atoms with Crippen LogP contribution in [0.25, 0.3) is 0 Å². The molecule has 0 spiro atoms. The van der Waals surface area contributed by atoms with Crippen LogP contribution in [0.1, 0.15) is 25.0 Å². The molecule has 8 nitrogen and oxygen atoms in total. The molecule has 32 heavy (non-hydrogen) atoms. The first kappa shape index (κ1) is 27.9. The first-order valence-corrected chi connectivity index (χ1v) is 11.5. The van der Waals surface area contributed by atoms with Gasteiger partial charge in [0.05, 0.1) is 11.4 Å². The number of hydrogen-bond donors (Lipinski definition) is 2. The predicted octanol–water partition coefficient (Wildman–Crippen LogP) is 2.02. The van der Waals surface area contributed by atoms with Crippen molar-refractivity contribution in [1.82, 2.24) is 14.5 Å². The Kier molecular flexibility index (Phi) is 10.1. The van der Waals surface area contributed by atoms with Crippen LogP contribution in [0.15, 0.2) is 23.1 Å². The van der Waals surface area contributed by atoms with Crippen LogP contribution >= 0.6 is 0 Å². The number of nitrogens with one attached hydrogen (secondary N) is 1. The number of sulfonamides is 1. The first-order valence-electron chi connectivity index (χ1n) is 10.0. The monoisotopic (exact) mass is 481 g/mol. The molecular formula is C20H30F3N3O5S. The number of carbonyl (C=O) groups excluding carboxylic acids is 1. The summed E-state index contributed by atoms with van der Waals surface area (Å²) in [5.74, 6) is -2.75. The van der Waals surface area contributed by atoms with Crippen molar-refractivity contribution in [3.05, 3.63) is 29.3 Å². The average Bonchev–Trinajstić information content (AvgIpc) is 2.67. The van der Waals surface area contributed by atoms with Gasteiger partial charge >= 0.3 is 12.1 Å². The Morgan fingerprint density at radius 3 is 2.16 bits per heavy atom. The molecule has 2 N–H and O–H groups in total. The summed E-state index contributed by atoms with van der Waals surface area (Å²) in [6, 6.07) is 5.30. The third kappa shape index (κ3) is 8.40. The van der Waals surface area contributed by atoms with Gasteiger partial charge in [-0.05, 0) is 31.4 Å². The number of piperazine rings is 1. The number of aryl methyl sites for hydroxylation is 2. The highest BCUT2D eigenvalue weighted by atomic mass is 32.2. The van der Waals surface area contributed by atoms with Crippen LogP contribution in [0.5, 0.6) is 0 Å². The zero-order chi connectivity index (χ0) is 24.7. The van der Waals surface area contributed by atoms with Gasteiger partial charge in [-0.2, -0.15) is 17.5 Å². The van der Waals surface area contributed by atoms with E-state index in [1.807, 2.05) is 26.8 Å². The number of carboxylic acids is 1. The largest absolute Gasteiger partial charge is 0.490 e. The third-order valence-corrected chi connectivity index (χ3v) is 6.51. The average molecular weight is 482 g/mol. The smallest absolute Gasteiger partial charge is 0.475 e. The van der Waals surface area contributed by atoms with Gasteiger partial charge in [0.1, 0.15) is 0 Å². The second-order valence-electron chi connectivity index (χ2n) is 7.89. The molecule has 1 saturated heterocycles. The molecule has 0 unspecified atom stereocenters. The normalized spacial score (nSPS) is 14.8. The van der Waals surface area contributed by atoms with Crippen LogP contribution in [0.2, 0.25) is 0 Å². The van der Waals surface area contributed by atoms with E-state index in [4.69, 9.17) is 9.90 Å². The number of carboxylic acid groups (broad SMARTS) is 1. The minimum absolute atomic E-state index is 0.103. The fourth-order valence-electron chi connectivity index (χ4n) is 3.05.